The van der Waals surface area contributed by atoms with E-state index < -0.39 is 0 Å². The summed E-state index contributed by atoms with van der Waals surface area (Å²) in [4.78, 5) is 0. The van der Waals surface area contributed by atoms with Gasteiger partial charge >= 0.3 is 0 Å². The first-order valence-electron chi connectivity index (χ1n) is 5.52. The Morgan fingerprint density at radius 3 is 2.71 bits per heavy atom. The van der Waals surface area contributed by atoms with E-state index in [-0.39, 0.29) is 6.10 Å². The molecule has 0 radical (unpaired) electrons. The number of hydrogen-bond donors (Lipinski definition) is 1. The van der Waals surface area contributed by atoms with Crippen molar-refractivity contribution in [3.63, 3.8) is 0 Å². The third kappa shape index (κ3) is 1.98. The molecule has 0 spiro atoms. The molecular weight excluding hydrogens is 172 g/mol. The molecule has 14 heavy (non-hydrogen) atoms. The Labute approximate surface area is 85.8 Å². The molecule has 0 bridgehead atoms. The molecule has 1 saturated carbocycles. The first kappa shape index (κ1) is 9.72. The van der Waals surface area contributed by atoms with Crippen LogP contribution < -0.4 is 0 Å². The largest absolute Gasteiger partial charge is 0.392 e. The van der Waals surface area contributed by atoms with Gasteiger partial charge < -0.3 is 5.11 Å². The van der Waals surface area contributed by atoms with Gasteiger partial charge in [-0.15, -0.1) is 0 Å². The molecule has 0 heterocycles. The molecule has 0 aliphatic heterocycles. The Morgan fingerprint density at radius 2 is 2.00 bits per heavy atom. The topological polar surface area (TPSA) is 20.2 Å². The minimum atomic E-state index is -0.120. The summed E-state index contributed by atoms with van der Waals surface area (Å²) in [5.41, 5.74) is 2.61. The molecule has 2 atom stereocenters. The van der Waals surface area contributed by atoms with E-state index in [0.29, 0.717) is 5.92 Å². The number of aliphatic hydroxyl groups excluding tert-OH is 1. The number of hydrogen-bond acceptors (Lipinski definition) is 1. The summed E-state index contributed by atoms with van der Waals surface area (Å²) in [6.45, 7) is 2.11. The van der Waals surface area contributed by atoms with Gasteiger partial charge in [-0.3, -0.25) is 0 Å². The predicted molar refractivity (Wildman–Crippen MR) is 58.4 cm³/mol. The molecule has 0 unspecified atom stereocenters. The second kappa shape index (κ2) is 4.14. The van der Waals surface area contributed by atoms with E-state index in [9.17, 15) is 5.11 Å². The van der Waals surface area contributed by atoms with Crippen LogP contribution >= 0.6 is 0 Å². The van der Waals surface area contributed by atoms with Crippen LogP contribution in [-0.4, -0.2) is 11.2 Å². The average Bonchev–Trinajstić information content (AvgIpc) is 2.18. The van der Waals surface area contributed by atoms with Crippen molar-refractivity contribution in [3.8, 4) is 0 Å². The summed E-state index contributed by atoms with van der Waals surface area (Å²) in [6.07, 6.45) is 4.44. The van der Waals surface area contributed by atoms with E-state index in [4.69, 9.17) is 0 Å². The smallest absolute Gasteiger partial charge is 0.0608 e. The lowest BCUT2D eigenvalue weighted by molar-refractivity contribution is 0.106. The fraction of sp³-hybridized carbons (Fsp3) is 0.538. The molecule has 0 aromatic heterocycles. The molecule has 1 N–H and O–H groups in total. The van der Waals surface area contributed by atoms with Crippen LogP contribution in [0.5, 0.6) is 0 Å². The predicted octanol–water partition coefficient (Wildman–Crippen LogP) is 3.01. The summed E-state index contributed by atoms with van der Waals surface area (Å²) < 4.78 is 0. The monoisotopic (exact) mass is 190 g/mol. The molecule has 1 aromatic carbocycles. The summed E-state index contributed by atoms with van der Waals surface area (Å²) in [6, 6.07) is 8.55. The third-order valence-electron chi connectivity index (χ3n) is 3.20. The van der Waals surface area contributed by atoms with Crippen LogP contribution in [0, 0.1) is 6.92 Å². The molecule has 0 amide bonds. The second-order valence-electron chi connectivity index (χ2n) is 4.37. The lowest BCUT2D eigenvalue weighted by Gasteiger charge is -2.28. The Morgan fingerprint density at radius 1 is 1.21 bits per heavy atom. The van der Waals surface area contributed by atoms with Crippen LogP contribution in [0.15, 0.2) is 24.3 Å². The van der Waals surface area contributed by atoms with E-state index in [1.807, 2.05) is 0 Å². The van der Waals surface area contributed by atoms with Gasteiger partial charge in [0.2, 0.25) is 0 Å². The van der Waals surface area contributed by atoms with Crippen LogP contribution in [0.2, 0.25) is 0 Å². The van der Waals surface area contributed by atoms with Crippen LogP contribution in [0.3, 0.4) is 0 Å². The van der Waals surface area contributed by atoms with E-state index in [1.165, 1.54) is 24.0 Å². The van der Waals surface area contributed by atoms with Crippen molar-refractivity contribution in [1.29, 1.82) is 0 Å². The van der Waals surface area contributed by atoms with Crippen LogP contribution in [0.1, 0.15) is 42.7 Å². The Bertz CT molecular complexity index is 306. The van der Waals surface area contributed by atoms with Gasteiger partial charge in [-0.2, -0.15) is 0 Å². The lowest BCUT2D eigenvalue weighted by Crippen LogP contribution is -2.22. The van der Waals surface area contributed by atoms with E-state index >= 15 is 0 Å². The summed E-state index contributed by atoms with van der Waals surface area (Å²) >= 11 is 0. The van der Waals surface area contributed by atoms with Gasteiger partial charge in [0.05, 0.1) is 6.10 Å². The third-order valence-corrected chi connectivity index (χ3v) is 3.20. The quantitative estimate of drug-likeness (QED) is 0.721. The van der Waals surface area contributed by atoms with Crippen LogP contribution in [-0.2, 0) is 0 Å². The lowest BCUT2D eigenvalue weighted by atomic mass is 9.81. The molecule has 1 aliphatic rings. The van der Waals surface area contributed by atoms with E-state index in [0.717, 1.165) is 12.8 Å². The number of aliphatic hydroxyl groups is 1. The second-order valence-corrected chi connectivity index (χ2v) is 4.37. The fourth-order valence-corrected chi connectivity index (χ4v) is 2.40. The summed E-state index contributed by atoms with van der Waals surface area (Å²) in [7, 11) is 0. The van der Waals surface area contributed by atoms with Gasteiger partial charge in [0.15, 0.2) is 0 Å². The zero-order valence-corrected chi connectivity index (χ0v) is 8.74. The van der Waals surface area contributed by atoms with Crippen molar-refractivity contribution in [2.75, 3.05) is 0 Å². The molecule has 1 aromatic rings. The van der Waals surface area contributed by atoms with Gasteiger partial charge in [-0.1, -0.05) is 42.7 Å². The minimum Gasteiger partial charge on any atom is -0.392 e. The Kier molecular flexibility index (Phi) is 2.87. The maximum absolute atomic E-state index is 9.91. The van der Waals surface area contributed by atoms with E-state index in [1.54, 1.807) is 0 Å². The van der Waals surface area contributed by atoms with Crippen molar-refractivity contribution in [2.24, 2.45) is 0 Å². The van der Waals surface area contributed by atoms with Crippen LogP contribution in [0.4, 0.5) is 0 Å². The average molecular weight is 190 g/mol. The SMILES string of the molecule is Cc1cccc([C@@H]2CCCC[C@H]2O)c1. The first-order chi connectivity index (χ1) is 6.77. The number of rotatable bonds is 1. The number of aryl methyl sites for hydroxylation is 1. The normalized spacial score (nSPS) is 27.6. The zero-order chi connectivity index (χ0) is 9.97. The molecule has 1 nitrogen and oxygen atoms in total. The molecule has 1 heteroatoms. The Balaban J connectivity index is 2.20. The highest BCUT2D eigenvalue weighted by Gasteiger charge is 2.24. The number of benzene rings is 1. The van der Waals surface area contributed by atoms with Gasteiger partial charge in [0.1, 0.15) is 0 Å². The Hall–Kier alpha value is -0.820. The van der Waals surface area contributed by atoms with Gasteiger partial charge in [0, 0.05) is 5.92 Å². The van der Waals surface area contributed by atoms with Crippen LogP contribution in [0.25, 0.3) is 0 Å². The van der Waals surface area contributed by atoms with E-state index in [2.05, 4.69) is 31.2 Å². The van der Waals surface area contributed by atoms with Crippen molar-refractivity contribution in [3.05, 3.63) is 35.4 Å². The summed E-state index contributed by atoms with van der Waals surface area (Å²) in [5.74, 6) is 0.378. The highest BCUT2D eigenvalue weighted by atomic mass is 16.3. The van der Waals surface area contributed by atoms with Gasteiger partial charge in [0.25, 0.3) is 0 Å². The molecule has 0 saturated heterocycles. The fourth-order valence-electron chi connectivity index (χ4n) is 2.40. The highest BCUT2D eigenvalue weighted by molar-refractivity contribution is 5.26. The highest BCUT2D eigenvalue weighted by Crippen LogP contribution is 2.33. The standard InChI is InChI=1S/C13H18O/c1-10-5-4-6-11(9-10)12-7-2-3-8-13(12)14/h4-6,9,12-14H,2-3,7-8H2,1H3/t12-,13+/m0/s1. The minimum absolute atomic E-state index is 0.120. The molecule has 2 rings (SSSR count). The maximum Gasteiger partial charge on any atom is 0.0608 e. The van der Waals surface area contributed by atoms with Gasteiger partial charge in [-0.25, -0.2) is 0 Å². The first-order valence-corrected chi connectivity index (χ1v) is 5.52. The van der Waals surface area contributed by atoms with Crippen molar-refractivity contribution >= 4 is 0 Å². The molecule has 1 aliphatic carbocycles. The zero-order valence-electron chi connectivity index (χ0n) is 8.74. The molecule has 1 fully saturated rings. The van der Waals surface area contributed by atoms with Crippen molar-refractivity contribution in [2.45, 2.75) is 44.6 Å². The maximum atomic E-state index is 9.91. The summed E-state index contributed by atoms with van der Waals surface area (Å²) in [5, 5.41) is 9.91. The van der Waals surface area contributed by atoms with Gasteiger partial charge in [-0.05, 0) is 25.3 Å². The van der Waals surface area contributed by atoms with Crippen molar-refractivity contribution < 1.29 is 5.11 Å². The van der Waals surface area contributed by atoms with Crippen molar-refractivity contribution in [1.82, 2.24) is 0 Å². The molecule has 76 valence electrons. The molecular formula is C13H18O.